The first kappa shape index (κ1) is 30.3. The van der Waals surface area contributed by atoms with E-state index in [0.717, 1.165) is 0 Å². The molecule has 0 bridgehead atoms. The summed E-state index contributed by atoms with van der Waals surface area (Å²) < 4.78 is 0. The second-order valence-electron chi connectivity index (χ2n) is 8.48. The Morgan fingerprint density at radius 1 is 0.848 bits per heavy atom. The van der Waals surface area contributed by atoms with Crippen molar-refractivity contribution in [2.75, 3.05) is 7.05 Å². The van der Waals surface area contributed by atoms with Gasteiger partial charge in [-0.2, -0.15) is 0 Å². The van der Waals surface area contributed by atoms with Crippen LogP contribution in [0.2, 0.25) is 0 Å². The number of nitrogens with two attached hydrogens (primary N) is 1. The monoisotopic (exact) mass is 473 g/mol. The van der Waals surface area contributed by atoms with Crippen molar-refractivity contribution in [3.8, 4) is 0 Å². The molecule has 33 heavy (non-hydrogen) atoms. The van der Waals surface area contributed by atoms with Gasteiger partial charge in [-0.3, -0.25) is 24.0 Å². The van der Waals surface area contributed by atoms with Gasteiger partial charge < -0.3 is 37.2 Å². The Morgan fingerprint density at radius 2 is 1.36 bits per heavy atom. The third-order valence-corrected chi connectivity index (χ3v) is 5.40. The average Bonchev–Trinajstić information content (AvgIpc) is 2.75. The quantitative estimate of drug-likeness (QED) is 0.157. The maximum absolute atomic E-state index is 12.9. The third-order valence-electron chi connectivity index (χ3n) is 5.40. The Hall–Kier alpha value is -2.73. The number of hydrogen-bond acceptors (Lipinski definition) is 7. The zero-order valence-corrected chi connectivity index (χ0v) is 20.2. The van der Waals surface area contributed by atoms with Crippen LogP contribution in [-0.2, 0) is 24.0 Å². The summed E-state index contributed by atoms with van der Waals surface area (Å²) in [6.45, 7) is 8.38. The molecule has 6 atom stereocenters. The van der Waals surface area contributed by atoms with Crippen LogP contribution in [0, 0.1) is 11.8 Å². The molecule has 0 aliphatic heterocycles. The lowest BCUT2D eigenvalue weighted by molar-refractivity contribution is -0.138. The van der Waals surface area contributed by atoms with Gasteiger partial charge in [-0.1, -0.05) is 34.1 Å². The van der Waals surface area contributed by atoms with Crippen LogP contribution in [0.3, 0.4) is 0 Å². The molecule has 0 heterocycles. The largest absolute Gasteiger partial charge is 0.481 e. The number of amides is 4. The van der Waals surface area contributed by atoms with E-state index in [-0.39, 0.29) is 24.7 Å². The second kappa shape index (κ2) is 14.4. The zero-order valence-electron chi connectivity index (χ0n) is 20.2. The maximum Gasteiger partial charge on any atom is 0.303 e. The molecule has 0 saturated carbocycles. The highest BCUT2D eigenvalue weighted by Crippen LogP contribution is 2.09. The molecule has 0 spiro atoms. The highest BCUT2D eigenvalue weighted by molar-refractivity contribution is 5.95. The van der Waals surface area contributed by atoms with E-state index in [1.807, 2.05) is 13.8 Å². The van der Waals surface area contributed by atoms with Crippen molar-refractivity contribution in [3.05, 3.63) is 0 Å². The molecule has 0 rings (SSSR count). The van der Waals surface area contributed by atoms with Crippen LogP contribution < -0.4 is 27.0 Å². The molecule has 4 amide bonds. The first-order chi connectivity index (χ1) is 15.3. The summed E-state index contributed by atoms with van der Waals surface area (Å²) in [5.41, 5.74) is 5.94. The van der Waals surface area contributed by atoms with E-state index in [9.17, 15) is 29.1 Å². The van der Waals surface area contributed by atoms with E-state index in [0.29, 0.717) is 6.42 Å². The van der Waals surface area contributed by atoms with E-state index in [1.165, 1.54) is 14.0 Å². The van der Waals surface area contributed by atoms with E-state index in [1.54, 1.807) is 13.8 Å². The van der Waals surface area contributed by atoms with Crippen LogP contribution in [0.4, 0.5) is 0 Å². The van der Waals surface area contributed by atoms with Gasteiger partial charge in [-0.05, 0) is 25.2 Å². The average molecular weight is 474 g/mol. The number of nitrogens with one attached hydrogen (secondary N) is 4. The Kier molecular flexibility index (Phi) is 13.2. The lowest BCUT2D eigenvalue weighted by Crippen LogP contribution is -2.61. The summed E-state index contributed by atoms with van der Waals surface area (Å²) in [6.07, 6.45) is -1.22. The molecule has 0 aliphatic rings. The van der Waals surface area contributed by atoms with Gasteiger partial charge in [-0.15, -0.1) is 0 Å². The zero-order chi connectivity index (χ0) is 25.9. The fourth-order valence-electron chi connectivity index (χ4n) is 2.92. The van der Waals surface area contributed by atoms with E-state index >= 15 is 0 Å². The molecule has 0 aromatic rings. The van der Waals surface area contributed by atoms with E-state index < -0.39 is 59.9 Å². The molecule has 190 valence electrons. The number of rotatable bonds is 14. The van der Waals surface area contributed by atoms with Crippen molar-refractivity contribution >= 4 is 29.6 Å². The highest BCUT2D eigenvalue weighted by atomic mass is 16.4. The summed E-state index contributed by atoms with van der Waals surface area (Å²) >= 11 is 0. The van der Waals surface area contributed by atoms with Crippen LogP contribution >= 0.6 is 0 Å². The number of aliphatic hydroxyl groups excluding tert-OH is 1. The second-order valence-corrected chi connectivity index (χ2v) is 8.48. The molecule has 0 saturated heterocycles. The number of carbonyl (C=O) groups is 5. The van der Waals surface area contributed by atoms with Crippen LogP contribution in [0.5, 0.6) is 0 Å². The molecule has 0 aromatic heterocycles. The Bertz CT molecular complexity index is 698. The van der Waals surface area contributed by atoms with Crippen LogP contribution in [0.25, 0.3) is 0 Å². The lowest BCUT2D eigenvalue weighted by Gasteiger charge is -2.29. The maximum atomic E-state index is 12.9. The number of carboxylic acid groups (broad SMARTS) is 1. The fraction of sp³-hybridized carbons (Fsp3) is 0.762. The Labute approximate surface area is 194 Å². The number of likely N-dealkylation sites (N-methyl/N-ethyl adjacent to an activating group) is 1. The molecule has 0 radical (unpaired) electrons. The summed E-state index contributed by atoms with van der Waals surface area (Å²) in [6, 6.07) is -4.47. The van der Waals surface area contributed by atoms with Gasteiger partial charge in [0, 0.05) is 13.5 Å². The number of carbonyl (C=O) groups excluding carboxylic acids is 4. The first-order valence-corrected chi connectivity index (χ1v) is 11.0. The van der Waals surface area contributed by atoms with Crippen molar-refractivity contribution in [3.63, 3.8) is 0 Å². The summed E-state index contributed by atoms with van der Waals surface area (Å²) in [4.78, 5) is 60.9. The standard InChI is InChI=1S/C21H39N5O7/c1-7-11(4)15(22)19(31)25-16(10(2)3)20(32)26-17(12(5)27)21(33)24-13(18(30)23-6)8-9-14(28)29/h10-13,15-17,27H,7-9,22H2,1-6H3,(H,23,30)(H,24,33)(H,25,31)(H,26,32)(H,28,29)/t11-,12+,13-,15-,16-,17-/m0/s1. The Balaban J connectivity index is 5.46. The van der Waals surface area contributed by atoms with E-state index in [4.69, 9.17) is 10.8 Å². The molecule has 0 aliphatic carbocycles. The minimum Gasteiger partial charge on any atom is -0.481 e. The normalized spacial score (nSPS) is 16.5. The van der Waals surface area contributed by atoms with Gasteiger partial charge in [0.25, 0.3) is 0 Å². The highest BCUT2D eigenvalue weighted by Gasteiger charge is 2.34. The predicted molar refractivity (Wildman–Crippen MR) is 121 cm³/mol. The minimum atomic E-state index is -1.45. The van der Waals surface area contributed by atoms with Crippen LogP contribution in [0.1, 0.15) is 53.9 Å². The van der Waals surface area contributed by atoms with Crippen molar-refractivity contribution in [2.24, 2.45) is 17.6 Å². The van der Waals surface area contributed by atoms with Gasteiger partial charge in [-0.25, -0.2) is 0 Å². The summed E-state index contributed by atoms with van der Waals surface area (Å²) in [5.74, 6) is -4.32. The SMILES string of the molecule is CC[C@H](C)[C@H](N)C(=O)N[C@H](C(=O)N[C@H](C(=O)N[C@@H](CCC(=O)O)C(=O)NC)[C@@H](C)O)C(C)C. The molecule has 0 aromatic carbocycles. The van der Waals surface area contributed by atoms with Crippen molar-refractivity contribution in [1.82, 2.24) is 21.3 Å². The number of aliphatic carboxylic acids is 1. The van der Waals surface area contributed by atoms with Gasteiger partial charge >= 0.3 is 5.97 Å². The molecule has 8 N–H and O–H groups in total. The van der Waals surface area contributed by atoms with E-state index in [2.05, 4.69) is 21.3 Å². The van der Waals surface area contributed by atoms with Crippen molar-refractivity contribution in [1.29, 1.82) is 0 Å². The lowest BCUT2D eigenvalue weighted by atomic mass is 9.97. The van der Waals surface area contributed by atoms with Gasteiger partial charge in [0.1, 0.15) is 18.1 Å². The van der Waals surface area contributed by atoms with Gasteiger partial charge in [0.05, 0.1) is 12.1 Å². The number of carboxylic acids is 1. The summed E-state index contributed by atoms with van der Waals surface area (Å²) in [7, 11) is 1.33. The molecule has 0 unspecified atom stereocenters. The number of aliphatic hydroxyl groups is 1. The van der Waals surface area contributed by atoms with Crippen LogP contribution in [-0.4, -0.2) is 77.1 Å². The fourth-order valence-corrected chi connectivity index (χ4v) is 2.92. The van der Waals surface area contributed by atoms with Crippen LogP contribution in [0.15, 0.2) is 0 Å². The molecular formula is C21H39N5O7. The van der Waals surface area contributed by atoms with Gasteiger partial charge in [0.2, 0.25) is 23.6 Å². The number of hydrogen-bond donors (Lipinski definition) is 7. The molecule has 12 nitrogen and oxygen atoms in total. The topological polar surface area (TPSA) is 200 Å². The van der Waals surface area contributed by atoms with Crippen molar-refractivity contribution in [2.45, 2.75) is 84.2 Å². The first-order valence-electron chi connectivity index (χ1n) is 11.0. The van der Waals surface area contributed by atoms with Gasteiger partial charge in [0.15, 0.2) is 0 Å². The third kappa shape index (κ3) is 10.2. The minimum absolute atomic E-state index is 0.107. The summed E-state index contributed by atoms with van der Waals surface area (Å²) in [5, 5.41) is 28.6. The molecule has 12 heteroatoms. The molecular weight excluding hydrogens is 434 g/mol. The van der Waals surface area contributed by atoms with Crippen molar-refractivity contribution < 1.29 is 34.2 Å². The smallest absolute Gasteiger partial charge is 0.303 e. The Morgan fingerprint density at radius 3 is 1.79 bits per heavy atom. The predicted octanol–water partition coefficient (Wildman–Crippen LogP) is -1.54. The molecule has 0 fully saturated rings.